The number of aromatic nitrogens is 2. The van der Waals surface area contributed by atoms with E-state index in [2.05, 4.69) is 16.9 Å². The molecule has 0 radical (unpaired) electrons. The van der Waals surface area contributed by atoms with Crippen LogP contribution in [0.4, 0.5) is 0 Å². The summed E-state index contributed by atoms with van der Waals surface area (Å²) >= 11 is 8.00. The number of ether oxygens (including phenoxy) is 1. The van der Waals surface area contributed by atoms with Crippen LogP contribution in [0.25, 0.3) is 0 Å². The van der Waals surface area contributed by atoms with Crippen molar-refractivity contribution in [2.45, 2.75) is 57.5 Å². The molecule has 1 unspecified atom stereocenters. The second kappa shape index (κ2) is 9.30. The van der Waals surface area contributed by atoms with Crippen molar-refractivity contribution >= 4 is 38.7 Å². The van der Waals surface area contributed by atoms with Crippen molar-refractivity contribution in [1.29, 1.82) is 0 Å². The van der Waals surface area contributed by atoms with Gasteiger partial charge in [0.25, 0.3) is 0 Å². The molecule has 3 atom stereocenters. The summed E-state index contributed by atoms with van der Waals surface area (Å²) in [5.41, 5.74) is 1.80. The van der Waals surface area contributed by atoms with Gasteiger partial charge in [-0.3, -0.25) is 14.4 Å². The minimum absolute atomic E-state index is 0.00749. The number of carbonyl (C=O) groups excluding carboxylic acids is 1. The number of thiophene rings is 1. The molecule has 8 nitrogen and oxygen atoms in total. The van der Waals surface area contributed by atoms with Crippen LogP contribution < -0.4 is 0 Å². The molecule has 2 aromatic rings. The van der Waals surface area contributed by atoms with Gasteiger partial charge in [0, 0.05) is 56.0 Å². The average molecular weight is 515 g/mol. The van der Waals surface area contributed by atoms with Gasteiger partial charge >= 0.3 is 0 Å². The highest BCUT2D eigenvalue weighted by atomic mass is 35.5. The number of hydrogen-bond acceptors (Lipinski definition) is 7. The molecule has 1 spiro atoms. The number of amides is 1. The summed E-state index contributed by atoms with van der Waals surface area (Å²) in [5.74, 6) is 0.0904. The van der Waals surface area contributed by atoms with Crippen LogP contribution in [0, 0.1) is 0 Å². The lowest BCUT2D eigenvalue weighted by atomic mass is 9.81. The van der Waals surface area contributed by atoms with Gasteiger partial charge in [-0.25, -0.2) is 8.42 Å². The Morgan fingerprint density at radius 3 is 2.88 bits per heavy atom. The molecule has 0 bridgehead atoms. The molecule has 2 aromatic heterocycles. The van der Waals surface area contributed by atoms with Crippen LogP contribution in [0.1, 0.15) is 48.7 Å². The zero-order valence-electron chi connectivity index (χ0n) is 19.5. The average Bonchev–Trinajstić information content (AvgIpc) is 3.35. The van der Waals surface area contributed by atoms with Crippen molar-refractivity contribution in [3.05, 3.63) is 38.8 Å². The van der Waals surface area contributed by atoms with E-state index in [1.54, 1.807) is 27.8 Å². The van der Waals surface area contributed by atoms with E-state index in [-0.39, 0.29) is 29.3 Å². The van der Waals surface area contributed by atoms with Crippen LogP contribution in [0.5, 0.6) is 0 Å². The Labute approximate surface area is 204 Å². The van der Waals surface area contributed by atoms with Crippen LogP contribution >= 0.6 is 22.9 Å². The molecular formula is C22H31ClN4O4S2. The third kappa shape index (κ3) is 5.30. The number of hydrogen-bond donors (Lipinski definition) is 0. The van der Waals surface area contributed by atoms with Crippen molar-refractivity contribution in [1.82, 2.24) is 19.6 Å². The lowest BCUT2D eigenvalue weighted by Gasteiger charge is -2.49. The molecule has 0 N–H and O–H groups in total. The second-order valence-corrected chi connectivity index (χ2v) is 13.2. The first-order valence-electron chi connectivity index (χ1n) is 11.1. The van der Waals surface area contributed by atoms with Crippen molar-refractivity contribution in [2.75, 3.05) is 32.2 Å². The Balaban J connectivity index is 1.46. The number of piperidine rings is 1. The predicted molar refractivity (Wildman–Crippen MR) is 129 cm³/mol. The lowest BCUT2D eigenvalue weighted by Crippen LogP contribution is -2.51. The monoisotopic (exact) mass is 514 g/mol. The lowest BCUT2D eigenvalue weighted by molar-refractivity contribution is -0.145. The van der Waals surface area contributed by atoms with Gasteiger partial charge < -0.3 is 9.64 Å². The Bertz CT molecular complexity index is 1130. The standard InChI is InChI=1S/C22H31ClN4O4S2/c1-15-10-22(21-18(9-20(23)32-21)19(14-31-22)25(3)16(2)28)5-6-26(15)12-17-11-24-27(13-17)7-8-33(4,29)30/h9,11,13,15,19H,5-8,10,12,14H2,1-4H3/t15-,19?,22+/m0/s1. The van der Waals surface area contributed by atoms with E-state index in [1.807, 2.05) is 25.5 Å². The van der Waals surface area contributed by atoms with Gasteiger partial charge in [0.1, 0.15) is 15.4 Å². The number of carbonyl (C=O) groups is 1. The van der Waals surface area contributed by atoms with Crippen LogP contribution in [0.3, 0.4) is 0 Å². The largest absolute Gasteiger partial charge is 0.367 e. The third-order valence-corrected chi connectivity index (χ3v) is 9.19. The van der Waals surface area contributed by atoms with Crippen LogP contribution in [-0.2, 0) is 38.1 Å². The fourth-order valence-corrected chi connectivity index (χ4v) is 6.83. The summed E-state index contributed by atoms with van der Waals surface area (Å²) in [6.07, 6.45) is 6.67. The first kappa shape index (κ1) is 24.7. The topological polar surface area (TPSA) is 84.7 Å². The first-order chi connectivity index (χ1) is 15.5. The van der Waals surface area contributed by atoms with Crippen LogP contribution in [0.15, 0.2) is 18.5 Å². The fourth-order valence-electron chi connectivity index (χ4n) is 4.84. The molecule has 182 valence electrons. The molecular weight excluding hydrogens is 484 g/mol. The van der Waals surface area contributed by atoms with E-state index >= 15 is 0 Å². The minimum Gasteiger partial charge on any atom is -0.367 e. The molecule has 2 aliphatic heterocycles. The number of sulfone groups is 1. The van der Waals surface area contributed by atoms with E-state index in [9.17, 15) is 13.2 Å². The van der Waals surface area contributed by atoms with E-state index in [0.29, 0.717) is 13.2 Å². The fraction of sp³-hybridized carbons (Fsp3) is 0.636. The van der Waals surface area contributed by atoms with Crippen LogP contribution in [-0.4, -0.2) is 72.2 Å². The van der Waals surface area contributed by atoms with Crippen molar-refractivity contribution in [3.63, 3.8) is 0 Å². The molecule has 1 amide bonds. The van der Waals surface area contributed by atoms with Crippen molar-refractivity contribution in [2.24, 2.45) is 0 Å². The Kier molecular flexibility index (Phi) is 6.95. The second-order valence-electron chi connectivity index (χ2n) is 9.30. The number of nitrogens with zero attached hydrogens (tertiary/aromatic N) is 4. The van der Waals surface area contributed by atoms with Crippen LogP contribution in [0.2, 0.25) is 4.34 Å². The molecule has 1 saturated heterocycles. The highest BCUT2D eigenvalue weighted by Crippen LogP contribution is 2.51. The number of aryl methyl sites for hydroxylation is 1. The zero-order valence-corrected chi connectivity index (χ0v) is 21.8. The van der Waals surface area contributed by atoms with E-state index in [0.717, 1.165) is 46.3 Å². The maximum Gasteiger partial charge on any atom is 0.219 e. The molecule has 33 heavy (non-hydrogen) atoms. The van der Waals surface area contributed by atoms with Gasteiger partial charge in [0.05, 0.1) is 35.5 Å². The van der Waals surface area contributed by atoms with Crippen molar-refractivity contribution in [3.8, 4) is 0 Å². The molecule has 4 rings (SSSR count). The van der Waals surface area contributed by atoms with Gasteiger partial charge in [0.2, 0.25) is 5.91 Å². The van der Waals surface area contributed by atoms with Crippen molar-refractivity contribution < 1.29 is 17.9 Å². The molecule has 0 saturated carbocycles. The molecule has 4 heterocycles. The van der Waals surface area contributed by atoms with Gasteiger partial charge in [0.15, 0.2) is 0 Å². The van der Waals surface area contributed by atoms with Gasteiger partial charge in [-0.15, -0.1) is 11.3 Å². The number of fused-ring (bicyclic) bond motifs is 2. The number of halogens is 1. The van der Waals surface area contributed by atoms with Gasteiger partial charge in [-0.1, -0.05) is 11.6 Å². The molecule has 0 aliphatic carbocycles. The molecule has 2 aliphatic rings. The summed E-state index contributed by atoms with van der Waals surface area (Å²) in [6.45, 7) is 6.23. The number of likely N-dealkylation sites (N-methyl/N-ethyl adjacent to an activating group) is 1. The SMILES string of the molecule is CC(=O)N(C)C1CO[C@@]2(CCN(Cc3cnn(CCS(C)(=O)=O)c3)[C@@H](C)C2)c2sc(Cl)cc21. The van der Waals surface area contributed by atoms with Gasteiger partial charge in [-0.05, 0) is 31.4 Å². The summed E-state index contributed by atoms with van der Waals surface area (Å²) in [7, 11) is -1.21. The maximum atomic E-state index is 12.0. The highest BCUT2D eigenvalue weighted by Gasteiger charge is 2.47. The predicted octanol–water partition coefficient (Wildman–Crippen LogP) is 3.07. The van der Waals surface area contributed by atoms with E-state index < -0.39 is 9.84 Å². The third-order valence-electron chi connectivity index (χ3n) is 6.80. The Hall–Kier alpha value is -1.46. The molecule has 0 aromatic carbocycles. The maximum absolute atomic E-state index is 12.0. The minimum atomic E-state index is -3.02. The summed E-state index contributed by atoms with van der Waals surface area (Å²) in [6, 6.07) is 2.16. The number of likely N-dealkylation sites (tertiary alicyclic amines) is 1. The summed E-state index contributed by atoms with van der Waals surface area (Å²) < 4.78 is 31.8. The summed E-state index contributed by atoms with van der Waals surface area (Å²) in [4.78, 5) is 17.3. The number of rotatable bonds is 6. The zero-order chi connectivity index (χ0) is 24.0. The summed E-state index contributed by atoms with van der Waals surface area (Å²) in [5, 5.41) is 4.32. The van der Waals surface area contributed by atoms with E-state index in [4.69, 9.17) is 16.3 Å². The van der Waals surface area contributed by atoms with Gasteiger partial charge in [-0.2, -0.15) is 5.10 Å². The Morgan fingerprint density at radius 2 is 2.21 bits per heavy atom. The normalized spacial score (nSPS) is 25.8. The smallest absolute Gasteiger partial charge is 0.219 e. The molecule has 11 heteroatoms. The first-order valence-corrected chi connectivity index (χ1v) is 14.3. The Morgan fingerprint density at radius 1 is 1.45 bits per heavy atom. The van der Waals surface area contributed by atoms with E-state index in [1.165, 1.54) is 6.26 Å². The highest BCUT2D eigenvalue weighted by molar-refractivity contribution is 7.90. The molecule has 1 fully saturated rings. The quantitative estimate of drug-likeness (QED) is 0.589.